The molecule has 0 saturated heterocycles. The maximum absolute atomic E-state index is 12.5. The zero-order chi connectivity index (χ0) is 23.4. The van der Waals surface area contributed by atoms with Gasteiger partial charge in [0.05, 0.1) is 17.0 Å². The van der Waals surface area contributed by atoms with E-state index in [2.05, 4.69) is 15.0 Å². The number of halogens is 1. The summed E-state index contributed by atoms with van der Waals surface area (Å²) in [4.78, 5) is 16.8. The van der Waals surface area contributed by atoms with E-state index in [1.54, 1.807) is 48.5 Å². The first kappa shape index (κ1) is 22.6. The smallest absolute Gasteiger partial charge is 0.256 e. The van der Waals surface area contributed by atoms with Gasteiger partial charge >= 0.3 is 0 Å². The fourth-order valence-corrected chi connectivity index (χ4v) is 4.61. The lowest BCUT2D eigenvalue weighted by Gasteiger charge is -2.11. The largest absolute Gasteiger partial charge is 0.506 e. The van der Waals surface area contributed by atoms with Crippen molar-refractivity contribution in [2.24, 2.45) is 0 Å². The molecule has 0 aliphatic rings. The van der Waals surface area contributed by atoms with E-state index in [1.807, 2.05) is 6.07 Å². The fraction of sp³-hybridized carbons (Fsp3) is 0.0833. The Morgan fingerprint density at radius 2 is 1.70 bits per heavy atom. The number of aromatic hydroxyl groups is 1. The molecule has 33 heavy (non-hydrogen) atoms. The van der Waals surface area contributed by atoms with Gasteiger partial charge in [0.25, 0.3) is 5.91 Å². The lowest BCUT2D eigenvalue weighted by molar-refractivity contribution is 0.0948. The molecule has 9 heteroatoms. The third kappa shape index (κ3) is 5.60. The zero-order valence-electron chi connectivity index (χ0n) is 17.3. The van der Waals surface area contributed by atoms with Crippen LogP contribution in [0.5, 0.6) is 5.75 Å². The van der Waals surface area contributed by atoms with E-state index in [4.69, 9.17) is 11.6 Å². The Bertz CT molecular complexity index is 1410. The van der Waals surface area contributed by atoms with Gasteiger partial charge in [0.1, 0.15) is 11.3 Å². The van der Waals surface area contributed by atoms with Crippen molar-refractivity contribution in [2.45, 2.75) is 12.3 Å². The van der Waals surface area contributed by atoms with Crippen LogP contribution < -0.4 is 10.0 Å². The molecule has 7 nitrogen and oxygen atoms in total. The Hall–Kier alpha value is -3.62. The number of carbonyl (C=O) groups is 1. The molecule has 0 saturated carbocycles. The summed E-state index contributed by atoms with van der Waals surface area (Å²) in [5.41, 5.74) is 2.20. The monoisotopic (exact) mass is 481 g/mol. The molecule has 0 aliphatic carbocycles. The number of nitrogens with one attached hydrogen (secondary N) is 2. The summed E-state index contributed by atoms with van der Waals surface area (Å²) in [5, 5.41) is 14.3. The number of carbonyl (C=O) groups excluding carboxylic acids is 1. The van der Waals surface area contributed by atoms with Crippen LogP contribution >= 0.6 is 11.6 Å². The highest BCUT2D eigenvalue weighted by atomic mass is 35.5. The molecular weight excluding hydrogens is 462 g/mol. The normalized spacial score (nSPS) is 11.3. The van der Waals surface area contributed by atoms with E-state index in [1.165, 1.54) is 24.4 Å². The Morgan fingerprint density at radius 3 is 2.42 bits per heavy atom. The summed E-state index contributed by atoms with van der Waals surface area (Å²) in [5.74, 6) is -0.881. The molecule has 168 valence electrons. The first-order valence-electron chi connectivity index (χ1n) is 9.99. The predicted octanol–water partition coefficient (Wildman–Crippen LogP) is 4.47. The van der Waals surface area contributed by atoms with Crippen molar-refractivity contribution in [3.05, 3.63) is 101 Å². The molecule has 0 aliphatic heterocycles. The number of fused-ring (bicyclic) bond motifs is 1. The van der Waals surface area contributed by atoms with Crippen molar-refractivity contribution in [3.63, 3.8) is 0 Å². The maximum Gasteiger partial charge on any atom is 0.256 e. The third-order valence-corrected chi connectivity index (χ3v) is 6.44. The molecule has 3 aromatic carbocycles. The van der Waals surface area contributed by atoms with Crippen molar-refractivity contribution in [3.8, 4) is 5.75 Å². The van der Waals surface area contributed by atoms with Crippen LogP contribution in [0.3, 0.4) is 0 Å². The number of amides is 1. The van der Waals surface area contributed by atoms with Crippen LogP contribution in [0.25, 0.3) is 10.9 Å². The fourth-order valence-electron chi connectivity index (χ4n) is 3.30. The highest BCUT2D eigenvalue weighted by Crippen LogP contribution is 2.29. The number of rotatable bonds is 7. The second-order valence-corrected chi connectivity index (χ2v) is 9.57. The molecule has 0 radical (unpaired) electrons. The molecule has 1 aromatic heterocycles. The quantitative estimate of drug-likeness (QED) is 0.361. The van der Waals surface area contributed by atoms with Crippen molar-refractivity contribution >= 4 is 44.1 Å². The molecule has 0 spiro atoms. The summed E-state index contributed by atoms with van der Waals surface area (Å²) < 4.78 is 27.5. The van der Waals surface area contributed by atoms with E-state index in [9.17, 15) is 18.3 Å². The van der Waals surface area contributed by atoms with Gasteiger partial charge in [-0.05, 0) is 41.5 Å². The van der Waals surface area contributed by atoms with Crippen LogP contribution in [-0.4, -0.2) is 24.4 Å². The van der Waals surface area contributed by atoms with Crippen LogP contribution in [0.1, 0.15) is 21.5 Å². The third-order valence-electron chi connectivity index (χ3n) is 4.92. The van der Waals surface area contributed by atoms with E-state index in [-0.39, 0.29) is 23.6 Å². The second-order valence-electron chi connectivity index (χ2n) is 7.41. The summed E-state index contributed by atoms with van der Waals surface area (Å²) in [7, 11) is -3.64. The van der Waals surface area contributed by atoms with Crippen molar-refractivity contribution < 1.29 is 18.3 Å². The number of pyridine rings is 1. The summed E-state index contributed by atoms with van der Waals surface area (Å²) in [6.45, 7) is 0.260. The van der Waals surface area contributed by atoms with E-state index in [0.717, 1.165) is 5.56 Å². The standard InChI is InChI=1S/C24H20ClN3O4S/c25-18-8-6-16(7-9-18)13-27-24(30)21-14-26-22-12-19(10-11-20(22)23(21)29)28-33(31,32)15-17-4-2-1-3-5-17/h1-12,14,28H,13,15H2,(H,26,29)(H,27,30). The Balaban J connectivity index is 1.49. The predicted molar refractivity (Wildman–Crippen MR) is 129 cm³/mol. The molecule has 3 N–H and O–H groups in total. The zero-order valence-corrected chi connectivity index (χ0v) is 18.9. The van der Waals surface area contributed by atoms with Gasteiger partial charge in [-0.25, -0.2) is 8.42 Å². The number of benzene rings is 3. The minimum absolute atomic E-state index is 0.0221. The average Bonchev–Trinajstić information content (AvgIpc) is 2.79. The average molecular weight is 482 g/mol. The molecule has 4 rings (SSSR count). The molecule has 4 aromatic rings. The maximum atomic E-state index is 12.5. The first-order valence-corrected chi connectivity index (χ1v) is 12.0. The van der Waals surface area contributed by atoms with Crippen molar-refractivity contribution in [1.82, 2.24) is 10.3 Å². The number of hydrogen-bond acceptors (Lipinski definition) is 5. The topological polar surface area (TPSA) is 108 Å². The van der Waals surface area contributed by atoms with Crippen molar-refractivity contribution in [1.29, 1.82) is 0 Å². The van der Waals surface area contributed by atoms with Gasteiger partial charge in [0, 0.05) is 23.2 Å². The molecule has 0 bridgehead atoms. The number of hydrogen-bond donors (Lipinski definition) is 3. The Labute approximate surface area is 196 Å². The number of sulfonamides is 1. The first-order chi connectivity index (χ1) is 15.8. The van der Waals surface area contributed by atoms with Crippen LogP contribution in [0.4, 0.5) is 5.69 Å². The minimum Gasteiger partial charge on any atom is -0.506 e. The molecule has 0 fully saturated rings. The minimum atomic E-state index is -3.64. The Kier molecular flexibility index (Phi) is 6.48. The summed E-state index contributed by atoms with van der Waals surface area (Å²) in [6, 6.07) is 20.4. The molecule has 0 unspecified atom stereocenters. The lowest BCUT2D eigenvalue weighted by Crippen LogP contribution is -2.23. The van der Waals surface area contributed by atoms with Gasteiger partial charge in [-0.15, -0.1) is 0 Å². The van der Waals surface area contributed by atoms with E-state index in [0.29, 0.717) is 27.2 Å². The molecule has 0 atom stereocenters. The van der Waals surface area contributed by atoms with Gasteiger partial charge in [-0.3, -0.25) is 14.5 Å². The van der Waals surface area contributed by atoms with Crippen LogP contribution in [-0.2, 0) is 22.3 Å². The molecule has 1 amide bonds. The van der Waals surface area contributed by atoms with Crippen LogP contribution in [0.15, 0.2) is 79.0 Å². The SMILES string of the molecule is O=C(NCc1ccc(Cl)cc1)c1cnc2cc(NS(=O)(=O)Cc3ccccc3)ccc2c1O. The van der Waals surface area contributed by atoms with Gasteiger partial charge in [-0.2, -0.15) is 0 Å². The van der Waals surface area contributed by atoms with Gasteiger partial charge < -0.3 is 10.4 Å². The van der Waals surface area contributed by atoms with E-state index < -0.39 is 15.9 Å². The number of nitrogens with zero attached hydrogens (tertiary/aromatic N) is 1. The Morgan fingerprint density at radius 1 is 0.970 bits per heavy atom. The highest BCUT2D eigenvalue weighted by Gasteiger charge is 2.17. The van der Waals surface area contributed by atoms with Gasteiger partial charge in [0.15, 0.2) is 0 Å². The number of anilines is 1. The lowest BCUT2D eigenvalue weighted by atomic mass is 10.1. The molecule has 1 heterocycles. The van der Waals surface area contributed by atoms with Gasteiger partial charge in [0.2, 0.25) is 10.0 Å². The number of aromatic nitrogens is 1. The second kappa shape index (κ2) is 9.48. The van der Waals surface area contributed by atoms with Gasteiger partial charge in [-0.1, -0.05) is 54.1 Å². The molecular formula is C24H20ClN3O4S. The van der Waals surface area contributed by atoms with Crippen molar-refractivity contribution in [2.75, 3.05) is 4.72 Å². The summed E-state index contributed by atoms with van der Waals surface area (Å²) in [6.07, 6.45) is 1.26. The highest BCUT2D eigenvalue weighted by molar-refractivity contribution is 7.91. The van der Waals surface area contributed by atoms with Crippen LogP contribution in [0, 0.1) is 0 Å². The van der Waals surface area contributed by atoms with Crippen LogP contribution in [0.2, 0.25) is 5.02 Å². The van der Waals surface area contributed by atoms with E-state index >= 15 is 0 Å². The summed E-state index contributed by atoms with van der Waals surface area (Å²) >= 11 is 5.86.